The summed E-state index contributed by atoms with van der Waals surface area (Å²) in [6, 6.07) is 14.9. The van der Waals surface area contributed by atoms with Gasteiger partial charge in [0.2, 0.25) is 0 Å². The van der Waals surface area contributed by atoms with Gasteiger partial charge in [0.05, 0.1) is 22.9 Å². The maximum absolute atomic E-state index is 12.6. The molecule has 2 aromatic carbocycles. The smallest absolute Gasteiger partial charge is 0.139 e. The zero-order chi connectivity index (χ0) is 19.6. The summed E-state index contributed by atoms with van der Waals surface area (Å²) in [7, 11) is 0. The van der Waals surface area contributed by atoms with Gasteiger partial charge in [-0.25, -0.2) is 4.98 Å². The van der Waals surface area contributed by atoms with Gasteiger partial charge in [0, 0.05) is 17.4 Å². The number of ketones is 1. The van der Waals surface area contributed by atoms with Gasteiger partial charge in [-0.05, 0) is 79.2 Å². The maximum atomic E-state index is 12.6. The number of carbonyl (C=O) groups is 1. The number of rotatable bonds is 1. The number of hydrogen-bond donors (Lipinski definition) is 0. The topological polar surface area (TPSA) is 42.9 Å². The average molecular weight is 383 g/mol. The third kappa shape index (κ3) is 2.52. The second-order valence-corrected chi connectivity index (χ2v) is 9.49. The van der Waals surface area contributed by atoms with E-state index in [1.165, 1.54) is 23.1 Å². The van der Waals surface area contributed by atoms with E-state index < -0.39 is 0 Å². The molecule has 2 fully saturated rings. The summed E-state index contributed by atoms with van der Waals surface area (Å²) >= 11 is 0. The van der Waals surface area contributed by atoms with Gasteiger partial charge in [-0.2, -0.15) is 0 Å². The lowest BCUT2D eigenvalue weighted by molar-refractivity contribution is -0.129. The van der Waals surface area contributed by atoms with E-state index in [4.69, 9.17) is 4.98 Å². The fourth-order valence-corrected chi connectivity index (χ4v) is 6.59. The molecule has 6 rings (SSSR count). The minimum absolute atomic E-state index is 0.0555. The first kappa shape index (κ1) is 17.3. The van der Waals surface area contributed by atoms with Crippen molar-refractivity contribution in [3.63, 3.8) is 0 Å². The van der Waals surface area contributed by atoms with E-state index in [1.807, 2.05) is 30.5 Å². The highest BCUT2D eigenvalue weighted by Crippen LogP contribution is 2.59. The zero-order valence-corrected chi connectivity index (χ0v) is 16.9. The summed E-state index contributed by atoms with van der Waals surface area (Å²) in [6.07, 6.45) is 8.37. The van der Waals surface area contributed by atoms with Crippen molar-refractivity contribution in [1.29, 1.82) is 0 Å². The van der Waals surface area contributed by atoms with Crippen LogP contribution in [-0.4, -0.2) is 15.8 Å². The first-order valence-electron chi connectivity index (χ1n) is 11.0. The number of aryl methyl sites for hydroxylation is 1. The van der Waals surface area contributed by atoms with Gasteiger partial charge in [-0.1, -0.05) is 31.2 Å². The van der Waals surface area contributed by atoms with Crippen molar-refractivity contribution in [2.75, 3.05) is 0 Å². The molecule has 0 bridgehead atoms. The Morgan fingerprint density at radius 3 is 2.76 bits per heavy atom. The van der Waals surface area contributed by atoms with Crippen LogP contribution in [0, 0.1) is 17.3 Å². The fourth-order valence-electron chi connectivity index (χ4n) is 6.59. The lowest BCUT2D eigenvalue weighted by atomic mass is 9.55. The summed E-state index contributed by atoms with van der Waals surface area (Å²) in [5.41, 5.74) is 6.95. The molecule has 0 unspecified atom stereocenters. The Morgan fingerprint density at radius 1 is 1.00 bits per heavy atom. The largest absolute Gasteiger partial charge is 0.299 e. The lowest BCUT2D eigenvalue weighted by Gasteiger charge is -2.48. The van der Waals surface area contributed by atoms with Gasteiger partial charge in [0.15, 0.2) is 0 Å². The van der Waals surface area contributed by atoms with Crippen LogP contribution in [0.5, 0.6) is 0 Å². The summed E-state index contributed by atoms with van der Waals surface area (Å²) in [5, 5.41) is 0. The molecule has 3 aliphatic carbocycles. The number of Topliss-reactive ketones (excluding diaryl/α,β-unsaturated/α-hetero) is 1. The number of aromatic nitrogens is 2. The average Bonchev–Trinajstić information content (AvgIpc) is 3.07. The minimum atomic E-state index is -0.0555. The number of para-hydroxylation sites is 2. The highest BCUT2D eigenvalue weighted by atomic mass is 16.1. The standard InChI is InChI=1S/C26H26N2O/c1-26-13-12-18-19(21(26)10-11-25(26)29)9-8-16-6-7-17(14-20(16)18)24-15-27-22-4-2-3-5-23(22)28-24/h2-7,14-15,18-19,21H,8-13H2,1H3/t18-,19+,21-,26-/m0/s1. The van der Waals surface area contributed by atoms with Crippen molar-refractivity contribution in [3.05, 3.63) is 59.8 Å². The molecule has 0 amide bonds. The number of fused-ring (bicyclic) bond motifs is 6. The van der Waals surface area contributed by atoms with Crippen LogP contribution < -0.4 is 0 Å². The zero-order valence-electron chi connectivity index (χ0n) is 16.9. The van der Waals surface area contributed by atoms with Crippen LogP contribution in [0.25, 0.3) is 22.3 Å². The van der Waals surface area contributed by atoms with Crippen LogP contribution in [0.2, 0.25) is 0 Å². The summed E-state index contributed by atoms with van der Waals surface area (Å²) < 4.78 is 0. The highest BCUT2D eigenvalue weighted by molar-refractivity contribution is 5.87. The Kier molecular flexibility index (Phi) is 3.72. The molecule has 3 aliphatic rings. The first-order chi connectivity index (χ1) is 14.1. The molecule has 3 heteroatoms. The first-order valence-corrected chi connectivity index (χ1v) is 11.0. The predicted octanol–water partition coefficient (Wildman–Crippen LogP) is 5.72. The molecular formula is C26H26N2O. The van der Waals surface area contributed by atoms with Crippen molar-refractivity contribution < 1.29 is 4.79 Å². The fraction of sp³-hybridized carbons (Fsp3) is 0.423. The van der Waals surface area contributed by atoms with Crippen molar-refractivity contribution >= 4 is 16.8 Å². The quantitative estimate of drug-likeness (QED) is 0.540. The third-order valence-electron chi connectivity index (χ3n) is 8.18. The van der Waals surface area contributed by atoms with Gasteiger partial charge in [0.1, 0.15) is 5.78 Å². The highest BCUT2D eigenvalue weighted by Gasteiger charge is 2.54. The molecule has 2 saturated carbocycles. The molecule has 0 N–H and O–H groups in total. The van der Waals surface area contributed by atoms with E-state index in [0.717, 1.165) is 48.8 Å². The van der Waals surface area contributed by atoms with Crippen molar-refractivity contribution in [2.45, 2.75) is 51.4 Å². The molecule has 29 heavy (non-hydrogen) atoms. The molecule has 4 atom stereocenters. The van der Waals surface area contributed by atoms with Gasteiger partial charge < -0.3 is 0 Å². The van der Waals surface area contributed by atoms with Crippen molar-refractivity contribution in [3.8, 4) is 11.3 Å². The van der Waals surface area contributed by atoms with E-state index in [9.17, 15) is 4.79 Å². The van der Waals surface area contributed by atoms with Gasteiger partial charge in [-0.15, -0.1) is 0 Å². The summed E-state index contributed by atoms with van der Waals surface area (Å²) in [4.78, 5) is 22.1. The van der Waals surface area contributed by atoms with E-state index in [0.29, 0.717) is 23.5 Å². The van der Waals surface area contributed by atoms with Crippen molar-refractivity contribution in [1.82, 2.24) is 9.97 Å². The maximum Gasteiger partial charge on any atom is 0.139 e. The van der Waals surface area contributed by atoms with E-state index in [2.05, 4.69) is 30.1 Å². The second-order valence-electron chi connectivity index (χ2n) is 9.49. The summed E-state index contributed by atoms with van der Waals surface area (Å²) in [5.74, 6) is 2.35. The molecule has 146 valence electrons. The molecule has 0 aliphatic heterocycles. The van der Waals surface area contributed by atoms with Crippen LogP contribution in [0.15, 0.2) is 48.7 Å². The second kappa shape index (κ2) is 6.22. The Bertz CT molecular complexity index is 1140. The Morgan fingerprint density at radius 2 is 1.86 bits per heavy atom. The van der Waals surface area contributed by atoms with Crippen molar-refractivity contribution in [2.24, 2.45) is 17.3 Å². The van der Waals surface area contributed by atoms with Gasteiger partial charge in [0.25, 0.3) is 0 Å². The number of nitrogens with zero attached hydrogens (tertiary/aromatic N) is 2. The van der Waals surface area contributed by atoms with Crippen LogP contribution in [-0.2, 0) is 11.2 Å². The Hall–Kier alpha value is -2.55. The molecule has 0 saturated heterocycles. The van der Waals surface area contributed by atoms with Crippen LogP contribution >= 0.6 is 0 Å². The SMILES string of the molecule is C[C@]12CC[C@@H]3c4cc(-c5cnc6ccccc6n5)ccc4CC[C@H]3[C@@H]1CCC2=O. The van der Waals surface area contributed by atoms with Gasteiger partial charge in [-0.3, -0.25) is 9.78 Å². The normalized spacial score (nSPS) is 30.7. The summed E-state index contributed by atoms with van der Waals surface area (Å²) in [6.45, 7) is 2.25. The number of benzene rings is 2. The van der Waals surface area contributed by atoms with Crippen LogP contribution in [0.3, 0.4) is 0 Å². The minimum Gasteiger partial charge on any atom is -0.299 e. The molecule has 1 heterocycles. The molecule has 3 aromatic rings. The van der Waals surface area contributed by atoms with E-state index >= 15 is 0 Å². The Balaban J connectivity index is 1.40. The lowest BCUT2D eigenvalue weighted by Crippen LogP contribution is -2.42. The molecule has 3 nitrogen and oxygen atoms in total. The van der Waals surface area contributed by atoms with Gasteiger partial charge >= 0.3 is 0 Å². The van der Waals surface area contributed by atoms with Crippen LogP contribution in [0.1, 0.15) is 56.1 Å². The number of hydrogen-bond acceptors (Lipinski definition) is 3. The van der Waals surface area contributed by atoms with E-state index in [1.54, 1.807) is 0 Å². The third-order valence-corrected chi connectivity index (χ3v) is 8.18. The molecular weight excluding hydrogens is 356 g/mol. The molecule has 0 spiro atoms. The predicted molar refractivity (Wildman–Crippen MR) is 115 cm³/mol. The van der Waals surface area contributed by atoms with E-state index in [-0.39, 0.29) is 5.41 Å². The molecule has 0 radical (unpaired) electrons. The Labute approximate surface area is 171 Å². The number of carbonyl (C=O) groups excluding carboxylic acids is 1. The molecule has 1 aromatic heterocycles. The monoisotopic (exact) mass is 382 g/mol. The van der Waals surface area contributed by atoms with Crippen LogP contribution in [0.4, 0.5) is 0 Å².